The van der Waals surface area contributed by atoms with Crippen LogP contribution in [-0.2, 0) is 9.47 Å². The minimum atomic E-state index is -0.240. The van der Waals surface area contributed by atoms with Crippen molar-refractivity contribution < 1.29 is 9.47 Å². The Kier molecular flexibility index (Phi) is 5.14. The molecule has 112 valence electrons. The molecule has 0 saturated carbocycles. The summed E-state index contributed by atoms with van der Waals surface area (Å²) in [6.07, 6.45) is 1.97. The molecule has 1 aromatic heterocycles. The number of nitrogens with one attached hydrogen (secondary N) is 2. The van der Waals surface area contributed by atoms with Crippen LogP contribution < -0.4 is 10.6 Å². The van der Waals surface area contributed by atoms with Crippen LogP contribution in [-0.4, -0.2) is 49.0 Å². The van der Waals surface area contributed by atoms with Crippen LogP contribution in [0.25, 0.3) is 0 Å². The van der Waals surface area contributed by atoms with Gasteiger partial charge in [0.1, 0.15) is 23.1 Å². The van der Waals surface area contributed by atoms with Crippen LogP contribution in [0.2, 0.25) is 0 Å². The lowest BCUT2D eigenvalue weighted by molar-refractivity contribution is -0.00625. The molecule has 0 amide bonds. The molecule has 0 bridgehead atoms. The number of ether oxygens (including phenoxy) is 2. The summed E-state index contributed by atoms with van der Waals surface area (Å²) >= 11 is 0. The molecule has 0 aromatic carbocycles. The number of hydrogen-bond donors (Lipinski definition) is 2. The molecular weight excluding hydrogens is 256 g/mol. The zero-order valence-electron chi connectivity index (χ0n) is 12.5. The zero-order chi connectivity index (χ0) is 14.4. The molecule has 0 aliphatic carbocycles. The van der Waals surface area contributed by atoms with E-state index < -0.39 is 0 Å². The first kappa shape index (κ1) is 15.0. The highest BCUT2D eigenvalue weighted by atomic mass is 16.5. The third-order valence-corrected chi connectivity index (χ3v) is 3.49. The van der Waals surface area contributed by atoms with Crippen molar-refractivity contribution in [2.45, 2.75) is 32.3 Å². The van der Waals surface area contributed by atoms with E-state index in [-0.39, 0.29) is 5.60 Å². The minimum absolute atomic E-state index is 0.240. The van der Waals surface area contributed by atoms with Gasteiger partial charge in [0.2, 0.25) is 0 Å². The van der Waals surface area contributed by atoms with E-state index in [1.165, 1.54) is 0 Å². The molecule has 1 fully saturated rings. The fourth-order valence-corrected chi connectivity index (χ4v) is 2.21. The first-order valence-corrected chi connectivity index (χ1v) is 7.14. The van der Waals surface area contributed by atoms with Crippen molar-refractivity contribution in [1.82, 2.24) is 9.97 Å². The summed E-state index contributed by atoms with van der Waals surface area (Å²) in [6.45, 7) is 7.00. The van der Waals surface area contributed by atoms with Crippen molar-refractivity contribution >= 4 is 11.6 Å². The zero-order valence-corrected chi connectivity index (χ0v) is 12.5. The fourth-order valence-electron chi connectivity index (χ4n) is 2.21. The highest BCUT2D eigenvalue weighted by molar-refractivity contribution is 5.47. The SMILES string of the molecule is CCCNc1cc(NCC2(OC)CCOC2)nc(C)n1. The van der Waals surface area contributed by atoms with E-state index in [0.717, 1.165) is 43.5 Å². The Labute approximate surface area is 120 Å². The van der Waals surface area contributed by atoms with Gasteiger partial charge in [0.25, 0.3) is 0 Å². The maximum absolute atomic E-state index is 5.60. The molecule has 2 N–H and O–H groups in total. The Morgan fingerprint density at radius 2 is 2.10 bits per heavy atom. The maximum Gasteiger partial charge on any atom is 0.131 e. The van der Waals surface area contributed by atoms with Gasteiger partial charge in [-0.1, -0.05) is 6.92 Å². The number of aromatic nitrogens is 2. The van der Waals surface area contributed by atoms with Crippen molar-refractivity contribution in [3.8, 4) is 0 Å². The smallest absolute Gasteiger partial charge is 0.131 e. The van der Waals surface area contributed by atoms with Crippen LogP contribution in [0, 0.1) is 6.92 Å². The molecule has 1 unspecified atom stereocenters. The Bertz CT molecular complexity index is 433. The van der Waals surface area contributed by atoms with Gasteiger partial charge in [0, 0.05) is 39.3 Å². The monoisotopic (exact) mass is 280 g/mol. The third-order valence-electron chi connectivity index (χ3n) is 3.49. The van der Waals surface area contributed by atoms with Crippen molar-refractivity contribution in [2.75, 3.05) is 44.0 Å². The third kappa shape index (κ3) is 3.80. The summed E-state index contributed by atoms with van der Waals surface area (Å²) < 4.78 is 11.0. The molecule has 6 nitrogen and oxygen atoms in total. The number of rotatable bonds is 7. The fraction of sp³-hybridized carbons (Fsp3) is 0.714. The number of anilines is 2. The topological polar surface area (TPSA) is 68.3 Å². The molecule has 0 radical (unpaired) electrons. The number of hydrogen-bond acceptors (Lipinski definition) is 6. The van der Waals surface area contributed by atoms with Crippen LogP contribution >= 0.6 is 0 Å². The van der Waals surface area contributed by atoms with Crippen molar-refractivity contribution in [2.24, 2.45) is 0 Å². The summed E-state index contributed by atoms with van der Waals surface area (Å²) in [5.41, 5.74) is -0.240. The molecule has 6 heteroatoms. The van der Waals surface area contributed by atoms with Gasteiger partial charge in [-0.05, 0) is 13.3 Å². The predicted octanol–water partition coefficient (Wildman–Crippen LogP) is 1.82. The number of methoxy groups -OCH3 is 1. The van der Waals surface area contributed by atoms with E-state index in [9.17, 15) is 0 Å². The van der Waals surface area contributed by atoms with E-state index in [2.05, 4.69) is 27.5 Å². The second kappa shape index (κ2) is 6.85. The van der Waals surface area contributed by atoms with Gasteiger partial charge >= 0.3 is 0 Å². The average molecular weight is 280 g/mol. The van der Waals surface area contributed by atoms with Crippen LogP contribution in [0.5, 0.6) is 0 Å². The first-order chi connectivity index (χ1) is 9.67. The highest BCUT2D eigenvalue weighted by Crippen LogP contribution is 2.23. The largest absolute Gasteiger partial charge is 0.378 e. The quantitative estimate of drug-likeness (QED) is 0.794. The Morgan fingerprint density at radius 1 is 1.35 bits per heavy atom. The van der Waals surface area contributed by atoms with Gasteiger partial charge in [-0.3, -0.25) is 0 Å². The molecule has 0 spiro atoms. The molecule has 1 atom stereocenters. The molecule has 2 heterocycles. The van der Waals surface area contributed by atoms with Gasteiger partial charge in [-0.2, -0.15) is 0 Å². The van der Waals surface area contributed by atoms with E-state index in [1.807, 2.05) is 13.0 Å². The molecule has 1 saturated heterocycles. The summed E-state index contributed by atoms with van der Waals surface area (Å²) in [6, 6.07) is 1.93. The Balaban J connectivity index is 1.99. The Hall–Kier alpha value is -1.40. The summed E-state index contributed by atoms with van der Waals surface area (Å²) in [4.78, 5) is 8.78. The van der Waals surface area contributed by atoms with Gasteiger partial charge < -0.3 is 20.1 Å². The molecule has 2 rings (SSSR count). The summed E-state index contributed by atoms with van der Waals surface area (Å²) in [5.74, 6) is 2.43. The number of aryl methyl sites for hydroxylation is 1. The lowest BCUT2D eigenvalue weighted by atomic mass is 10.0. The standard InChI is InChI=1S/C14H24N4O2/c1-4-6-15-12-8-13(18-11(2)17-12)16-9-14(19-3)5-7-20-10-14/h8H,4-7,9-10H2,1-3H3,(H2,15,16,17,18). The van der Waals surface area contributed by atoms with Crippen LogP contribution in [0.4, 0.5) is 11.6 Å². The lowest BCUT2D eigenvalue weighted by Crippen LogP contribution is -2.39. The molecule has 20 heavy (non-hydrogen) atoms. The van der Waals surface area contributed by atoms with Gasteiger partial charge in [-0.25, -0.2) is 9.97 Å². The highest BCUT2D eigenvalue weighted by Gasteiger charge is 2.34. The summed E-state index contributed by atoms with van der Waals surface area (Å²) in [5, 5.41) is 6.62. The molecule has 1 aliphatic heterocycles. The van der Waals surface area contributed by atoms with Gasteiger partial charge in [-0.15, -0.1) is 0 Å². The summed E-state index contributed by atoms with van der Waals surface area (Å²) in [7, 11) is 1.73. The van der Waals surface area contributed by atoms with Crippen LogP contribution in [0.15, 0.2) is 6.07 Å². The van der Waals surface area contributed by atoms with Crippen molar-refractivity contribution in [1.29, 1.82) is 0 Å². The van der Waals surface area contributed by atoms with Crippen molar-refractivity contribution in [3.63, 3.8) is 0 Å². The van der Waals surface area contributed by atoms with E-state index in [1.54, 1.807) is 7.11 Å². The number of nitrogens with zero attached hydrogens (tertiary/aromatic N) is 2. The van der Waals surface area contributed by atoms with Gasteiger partial charge in [0.15, 0.2) is 0 Å². The lowest BCUT2D eigenvalue weighted by Gasteiger charge is -2.26. The minimum Gasteiger partial charge on any atom is -0.378 e. The normalized spacial score (nSPS) is 21.9. The molecule has 1 aliphatic rings. The van der Waals surface area contributed by atoms with Gasteiger partial charge in [0.05, 0.1) is 6.61 Å². The van der Waals surface area contributed by atoms with E-state index in [0.29, 0.717) is 13.2 Å². The van der Waals surface area contributed by atoms with Crippen LogP contribution in [0.1, 0.15) is 25.6 Å². The van der Waals surface area contributed by atoms with Crippen molar-refractivity contribution in [3.05, 3.63) is 11.9 Å². The van der Waals surface area contributed by atoms with E-state index >= 15 is 0 Å². The second-order valence-electron chi connectivity index (χ2n) is 5.16. The second-order valence-corrected chi connectivity index (χ2v) is 5.16. The average Bonchev–Trinajstić information content (AvgIpc) is 2.92. The first-order valence-electron chi connectivity index (χ1n) is 7.14. The predicted molar refractivity (Wildman–Crippen MR) is 79.2 cm³/mol. The molecular formula is C14H24N4O2. The molecule has 1 aromatic rings. The van der Waals surface area contributed by atoms with E-state index in [4.69, 9.17) is 9.47 Å². The maximum atomic E-state index is 5.60. The Morgan fingerprint density at radius 3 is 2.70 bits per heavy atom. The van der Waals surface area contributed by atoms with Crippen LogP contribution in [0.3, 0.4) is 0 Å².